The molecule has 1 N–H and O–H groups in total. The molecule has 2 aromatic rings. The summed E-state index contributed by atoms with van der Waals surface area (Å²) in [5.41, 5.74) is 1.09. The third-order valence-corrected chi connectivity index (χ3v) is 2.38. The number of hydrogen-bond acceptors (Lipinski definition) is 4. The molecular formula is C13H13NO4. The molecule has 0 saturated heterocycles. The maximum atomic E-state index is 10.6. The minimum Gasteiger partial charge on any atom is -0.476 e. The Morgan fingerprint density at radius 3 is 2.78 bits per heavy atom. The predicted octanol–water partition coefficient (Wildman–Crippen LogP) is 2.38. The summed E-state index contributed by atoms with van der Waals surface area (Å²) >= 11 is 0. The molecule has 0 fully saturated rings. The zero-order valence-corrected chi connectivity index (χ0v) is 9.70. The van der Waals surface area contributed by atoms with Crippen LogP contribution in [0.4, 0.5) is 0 Å². The van der Waals surface area contributed by atoms with Gasteiger partial charge in [0, 0.05) is 0 Å². The lowest BCUT2D eigenvalue weighted by atomic mass is 10.1. The van der Waals surface area contributed by atoms with Crippen molar-refractivity contribution in [1.29, 1.82) is 0 Å². The fourth-order valence-electron chi connectivity index (χ4n) is 1.50. The van der Waals surface area contributed by atoms with Crippen LogP contribution in [0.2, 0.25) is 0 Å². The molecule has 5 nitrogen and oxygen atoms in total. The van der Waals surface area contributed by atoms with Crippen LogP contribution >= 0.6 is 0 Å². The Kier molecular flexibility index (Phi) is 3.96. The largest absolute Gasteiger partial charge is 0.476 e. The number of benzene rings is 1. The summed E-state index contributed by atoms with van der Waals surface area (Å²) in [6.45, 7) is 0.439. The minimum absolute atomic E-state index is 0.000427. The van der Waals surface area contributed by atoms with Crippen molar-refractivity contribution in [1.82, 2.24) is 4.98 Å². The van der Waals surface area contributed by atoms with E-state index in [2.05, 4.69) is 4.98 Å². The number of hydrogen-bond donors (Lipinski definition) is 1. The fourth-order valence-corrected chi connectivity index (χ4v) is 1.50. The normalized spacial score (nSPS) is 10.2. The molecule has 0 aliphatic rings. The lowest BCUT2D eigenvalue weighted by molar-refractivity contribution is 0.0690. The Hall–Kier alpha value is -2.30. The van der Waals surface area contributed by atoms with E-state index in [-0.39, 0.29) is 11.8 Å². The number of nitrogens with zero attached hydrogens (tertiary/aromatic N) is 1. The van der Waals surface area contributed by atoms with E-state index in [0.717, 1.165) is 19.1 Å². The Balaban J connectivity index is 1.73. The average molecular weight is 247 g/mol. The number of aryl methyl sites for hydroxylation is 1. The van der Waals surface area contributed by atoms with Crippen molar-refractivity contribution in [3.05, 3.63) is 47.9 Å². The molecule has 1 aromatic carbocycles. The first-order valence-electron chi connectivity index (χ1n) is 5.61. The van der Waals surface area contributed by atoms with Crippen LogP contribution in [0.3, 0.4) is 0 Å². The summed E-state index contributed by atoms with van der Waals surface area (Å²) in [7, 11) is 0. The first-order chi connectivity index (χ1) is 8.75. The number of aromatic nitrogens is 1. The average Bonchev–Trinajstić information content (AvgIpc) is 2.85. The second-order valence-corrected chi connectivity index (χ2v) is 3.74. The van der Waals surface area contributed by atoms with Crippen LogP contribution < -0.4 is 4.74 Å². The van der Waals surface area contributed by atoms with Crippen molar-refractivity contribution < 1.29 is 19.1 Å². The molecule has 0 aliphatic carbocycles. The van der Waals surface area contributed by atoms with Gasteiger partial charge in [0.1, 0.15) is 6.26 Å². The summed E-state index contributed by atoms with van der Waals surface area (Å²) in [5, 5.41) is 8.64. The minimum atomic E-state index is -1.13. The topological polar surface area (TPSA) is 72.6 Å². The standard InChI is InChI=1S/C13H13NO4/c15-12(16)11-9-18-13(14-11)17-8-4-7-10-5-2-1-3-6-10/h1-3,5-6,9H,4,7-8H2,(H,15,16). The van der Waals surface area contributed by atoms with Crippen molar-refractivity contribution in [3.63, 3.8) is 0 Å². The summed E-state index contributed by atoms with van der Waals surface area (Å²) in [6.07, 6.45) is 2.78. The molecule has 0 aliphatic heterocycles. The molecule has 0 unspecified atom stereocenters. The number of carboxylic acids is 1. The van der Waals surface area contributed by atoms with Crippen molar-refractivity contribution in [2.75, 3.05) is 6.61 Å². The lowest BCUT2D eigenvalue weighted by Crippen LogP contribution is -2.01. The van der Waals surface area contributed by atoms with Crippen LogP contribution in [0, 0.1) is 0 Å². The molecule has 0 amide bonds. The van der Waals surface area contributed by atoms with Gasteiger partial charge >= 0.3 is 12.0 Å². The number of carbonyl (C=O) groups is 1. The predicted molar refractivity (Wildman–Crippen MR) is 63.7 cm³/mol. The van der Waals surface area contributed by atoms with Gasteiger partial charge in [-0.05, 0) is 18.4 Å². The number of oxazole rings is 1. The molecule has 0 bridgehead atoms. The van der Waals surface area contributed by atoms with E-state index in [0.29, 0.717) is 6.61 Å². The molecule has 0 spiro atoms. The Labute approximate surface area is 104 Å². The molecule has 94 valence electrons. The first-order valence-corrected chi connectivity index (χ1v) is 5.61. The van der Waals surface area contributed by atoms with Gasteiger partial charge in [0.25, 0.3) is 0 Å². The maximum absolute atomic E-state index is 10.6. The van der Waals surface area contributed by atoms with Crippen LogP contribution in [-0.2, 0) is 6.42 Å². The smallest absolute Gasteiger partial charge is 0.394 e. The Morgan fingerprint density at radius 1 is 1.33 bits per heavy atom. The highest BCUT2D eigenvalue weighted by atomic mass is 16.6. The summed E-state index contributed by atoms with van der Waals surface area (Å²) < 4.78 is 10.1. The summed E-state index contributed by atoms with van der Waals surface area (Å²) in [4.78, 5) is 14.2. The highest BCUT2D eigenvalue weighted by molar-refractivity contribution is 5.84. The molecule has 5 heteroatoms. The zero-order valence-electron chi connectivity index (χ0n) is 9.70. The van der Waals surface area contributed by atoms with Gasteiger partial charge in [0.15, 0.2) is 5.69 Å². The van der Waals surface area contributed by atoms with Crippen molar-refractivity contribution in [2.45, 2.75) is 12.8 Å². The van der Waals surface area contributed by atoms with Gasteiger partial charge in [-0.25, -0.2) is 4.79 Å². The van der Waals surface area contributed by atoms with E-state index in [1.54, 1.807) is 0 Å². The van der Waals surface area contributed by atoms with E-state index < -0.39 is 5.97 Å². The van der Waals surface area contributed by atoms with Crippen LogP contribution in [0.25, 0.3) is 0 Å². The van der Waals surface area contributed by atoms with Crippen LogP contribution in [0.5, 0.6) is 6.08 Å². The fraction of sp³-hybridized carbons (Fsp3) is 0.231. The Morgan fingerprint density at radius 2 is 2.11 bits per heavy atom. The third-order valence-electron chi connectivity index (χ3n) is 2.38. The van der Waals surface area contributed by atoms with Gasteiger partial charge in [0.2, 0.25) is 0 Å². The van der Waals surface area contributed by atoms with Gasteiger partial charge in [-0.15, -0.1) is 0 Å². The summed E-state index contributed by atoms with van der Waals surface area (Å²) in [5.74, 6) is -1.13. The highest BCUT2D eigenvalue weighted by Crippen LogP contribution is 2.11. The summed E-state index contributed by atoms with van der Waals surface area (Å²) in [6, 6.07) is 10.0. The molecule has 0 atom stereocenters. The van der Waals surface area contributed by atoms with Crippen molar-refractivity contribution in [3.8, 4) is 6.08 Å². The van der Waals surface area contributed by atoms with Gasteiger partial charge in [-0.3, -0.25) is 0 Å². The third kappa shape index (κ3) is 3.35. The number of ether oxygens (including phenoxy) is 1. The van der Waals surface area contributed by atoms with Crippen molar-refractivity contribution >= 4 is 5.97 Å². The van der Waals surface area contributed by atoms with Gasteiger partial charge in [-0.1, -0.05) is 30.3 Å². The number of rotatable bonds is 6. The quantitative estimate of drug-likeness (QED) is 0.793. The number of aromatic carboxylic acids is 1. The highest BCUT2D eigenvalue weighted by Gasteiger charge is 2.10. The molecule has 0 saturated carbocycles. The van der Waals surface area contributed by atoms with Crippen molar-refractivity contribution in [2.24, 2.45) is 0 Å². The maximum Gasteiger partial charge on any atom is 0.394 e. The van der Waals surface area contributed by atoms with Gasteiger partial charge in [-0.2, -0.15) is 4.98 Å². The van der Waals surface area contributed by atoms with Gasteiger partial charge < -0.3 is 14.3 Å². The first kappa shape index (κ1) is 12.2. The van der Waals surface area contributed by atoms with Crippen LogP contribution in [0.1, 0.15) is 22.5 Å². The molecule has 0 radical (unpaired) electrons. The molecular weight excluding hydrogens is 234 g/mol. The van der Waals surface area contributed by atoms with E-state index in [1.807, 2.05) is 30.3 Å². The SMILES string of the molecule is O=C(O)c1coc(OCCCc2ccccc2)n1. The van der Waals surface area contributed by atoms with Gasteiger partial charge in [0.05, 0.1) is 6.61 Å². The molecule has 1 aromatic heterocycles. The second-order valence-electron chi connectivity index (χ2n) is 3.74. The van der Waals surface area contributed by atoms with E-state index in [4.69, 9.17) is 14.3 Å². The second kappa shape index (κ2) is 5.86. The van der Waals surface area contributed by atoms with E-state index >= 15 is 0 Å². The molecule has 2 rings (SSSR count). The zero-order chi connectivity index (χ0) is 12.8. The number of carboxylic acid groups (broad SMARTS) is 1. The molecule has 1 heterocycles. The monoisotopic (exact) mass is 247 g/mol. The lowest BCUT2D eigenvalue weighted by Gasteiger charge is -2.01. The van der Waals surface area contributed by atoms with Crippen LogP contribution in [0.15, 0.2) is 41.0 Å². The Bertz CT molecular complexity index is 507. The molecule has 18 heavy (non-hydrogen) atoms. The van der Waals surface area contributed by atoms with E-state index in [1.165, 1.54) is 5.56 Å². The van der Waals surface area contributed by atoms with E-state index in [9.17, 15) is 4.79 Å². The van der Waals surface area contributed by atoms with Crippen LogP contribution in [-0.4, -0.2) is 22.7 Å².